The number of ether oxygens (including phenoxy) is 2. The summed E-state index contributed by atoms with van der Waals surface area (Å²) in [6.07, 6.45) is 9.65. The van der Waals surface area contributed by atoms with Crippen LogP contribution < -0.4 is 19.7 Å². The van der Waals surface area contributed by atoms with Gasteiger partial charge in [-0.05, 0) is 105 Å². The summed E-state index contributed by atoms with van der Waals surface area (Å²) in [6, 6.07) is 11.0. The number of amides is 2. The summed E-state index contributed by atoms with van der Waals surface area (Å²) in [7, 11) is -2.33. The Hall–Kier alpha value is -3.08. The lowest BCUT2D eigenvalue weighted by molar-refractivity contribution is -0.128. The first-order chi connectivity index (χ1) is 21.7. The SMILES string of the molecule is CC[C@@H]1CC/C=C\[C@H](OCC(=O)NC)[C@@H]2CC[C@H]2CN2CCCCc3cc(Cl)ccc3COc3ccc(cc32)C(=O)NS1(=O)=O. The second-order valence-electron chi connectivity index (χ2n) is 12.2. The third kappa shape index (κ3) is 8.20. The van der Waals surface area contributed by atoms with Crippen LogP contribution in [-0.4, -0.2) is 58.3 Å². The normalized spacial score (nSPS) is 26.0. The Kier molecular flexibility index (Phi) is 11.1. The van der Waals surface area contributed by atoms with Gasteiger partial charge in [0, 0.05) is 30.7 Å². The van der Waals surface area contributed by atoms with Crippen molar-refractivity contribution in [2.75, 3.05) is 31.6 Å². The van der Waals surface area contributed by atoms with Crippen LogP contribution >= 0.6 is 11.6 Å². The fourth-order valence-electron chi connectivity index (χ4n) is 6.55. The maximum Gasteiger partial charge on any atom is 0.264 e. The Morgan fingerprint density at radius 3 is 2.73 bits per heavy atom. The van der Waals surface area contributed by atoms with Gasteiger partial charge in [0.2, 0.25) is 15.9 Å². The molecular weight excluding hydrogens is 614 g/mol. The lowest BCUT2D eigenvalue weighted by Crippen LogP contribution is -2.45. The highest BCUT2D eigenvalue weighted by Gasteiger charge is 2.38. The van der Waals surface area contributed by atoms with Gasteiger partial charge in [-0.25, -0.2) is 13.1 Å². The van der Waals surface area contributed by atoms with Crippen LogP contribution in [0.1, 0.15) is 73.4 Å². The van der Waals surface area contributed by atoms with Crippen LogP contribution in [0.4, 0.5) is 5.69 Å². The highest BCUT2D eigenvalue weighted by Crippen LogP contribution is 2.42. The molecular formula is C34H44ClN3O6S. The molecule has 2 aromatic rings. The molecule has 1 aliphatic carbocycles. The average Bonchev–Trinajstić information content (AvgIpc) is 3.03. The number of likely N-dealkylation sites (N-methyl/N-ethyl adjacent to an activating group) is 1. The summed E-state index contributed by atoms with van der Waals surface area (Å²) in [5.41, 5.74) is 3.26. The van der Waals surface area contributed by atoms with Crippen LogP contribution in [-0.2, 0) is 32.6 Å². The van der Waals surface area contributed by atoms with Crippen molar-refractivity contribution in [2.45, 2.75) is 76.3 Å². The molecule has 11 heteroatoms. The Morgan fingerprint density at radius 1 is 1.13 bits per heavy atom. The first kappa shape index (κ1) is 33.3. The van der Waals surface area contributed by atoms with Crippen molar-refractivity contribution in [3.8, 4) is 5.75 Å². The van der Waals surface area contributed by atoms with Crippen molar-refractivity contribution in [3.63, 3.8) is 0 Å². The largest absolute Gasteiger partial charge is 0.487 e. The van der Waals surface area contributed by atoms with Gasteiger partial charge in [-0.15, -0.1) is 0 Å². The molecule has 45 heavy (non-hydrogen) atoms. The number of halogens is 1. The van der Waals surface area contributed by atoms with Gasteiger partial charge in [-0.3, -0.25) is 9.59 Å². The van der Waals surface area contributed by atoms with E-state index >= 15 is 0 Å². The number of aryl methyl sites for hydroxylation is 1. The Labute approximate surface area is 271 Å². The summed E-state index contributed by atoms with van der Waals surface area (Å²) in [6.45, 7) is 3.56. The van der Waals surface area contributed by atoms with Crippen LogP contribution in [0.25, 0.3) is 0 Å². The third-order valence-electron chi connectivity index (χ3n) is 9.39. The van der Waals surface area contributed by atoms with E-state index in [1.54, 1.807) is 25.2 Å². The van der Waals surface area contributed by atoms with E-state index < -0.39 is 21.2 Å². The van der Waals surface area contributed by atoms with E-state index in [4.69, 9.17) is 21.1 Å². The highest BCUT2D eigenvalue weighted by atomic mass is 35.5. The number of rotatable bonds is 4. The van der Waals surface area contributed by atoms with Crippen LogP contribution in [0, 0.1) is 11.8 Å². The molecule has 3 aliphatic rings. The highest BCUT2D eigenvalue weighted by molar-refractivity contribution is 7.90. The van der Waals surface area contributed by atoms with Crippen LogP contribution in [0.5, 0.6) is 5.75 Å². The minimum atomic E-state index is -3.92. The van der Waals surface area contributed by atoms with Gasteiger partial charge in [-0.2, -0.15) is 0 Å². The molecule has 2 bridgehead atoms. The van der Waals surface area contributed by atoms with Gasteiger partial charge in [0.1, 0.15) is 19.0 Å². The number of nitrogens with zero attached hydrogens (tertiary/aromatic N) is 1. The summed E-state index contributed by atoms with van der Waals surface area (Å²) in [4.78, 5) is 27.8. The topological polar surface area (TPSA) is 114 Å². The molecule has 0 radical (unpaired) electrons. The quantitative estimate of drug-likeness (QED) is 0.423. The second kappa shape index (κ2) is 15.0. The zero-order chi connectivity index (χ0) is 32.0. The van der Waals surface area contributed by atoms with Gasteiger partial charge in [0.25, 0.3) is 5.91 Å². The fourth-order valence-corrected chi connectivity index (χ4v) is 8.17. The van der Waals surface area contributed by atoms with Crippen molar-refractivity contribution < 1.29 is 27.5 Å². The maximum absolute atomic E-state index is 13.4. The van der Waals surface area contributed by atoms with Gasteiger partial charge < -0.3 is 19.7 Å². The van der Waals surface area contributed by atoms with Gasteiger partial charge >= 0.3 is 0 Å². The number of fused-ring (bicyclic) bond motifs is 3. The predicted octanol–water partition coefficient (Wildman–Crippen LogP) is 5.41. The molecule has 1 fully saturated rings. The Morgan fingerprint density at radius 2 is 1.98 bits per heavy atom. The minimum absolute atomic E-state index is 0.0406. The summed E-state index contributed by atoms with van der Waals surface area (Å²) in [5, 5.41) is 2.60. The van der Waals surface area contributed by atoms with Crippen LogP contribution in [0.3, 0.4) is 0 Å². The number of carbonyl (C=O) groups is 2. The number of hydrogen-bond donors (Lipinski definition) is 2. The van der Waals surface area contributed by atoms with E-state index in [9.17, 15) is 18.0 Å². The van der Waals surface area contributed by atoms with Gasteiger partial charge in [-0.1, -0.05) is 36.7 Å². The monoisotopic (exact) mass is 657 g/mol. The number of benzene rings is 2. The molecule has 2 aliphatic heterocycles. The fraction of sp³-hybridized carbons (Fsp3) is 0.529. The number of hydrogen-bond acceptors (Lipinski definition) is 7. The Bertz CT molecular complexity index is 1510. The van der Waals surface area contributed by atoms with Gasteiger partial charge in [0.05, 0.1) is 17.0 Å². The van der Waals surface area contributed by atoms with Gasteiger partial charge in [0.15, 0.2) is 0 Å². The molecule has 0 saturated heterocycles. The first-order valence-electron chi connectivity index (χ1n) is 16.0. The zero-order valence-electron chi connectivity index (χ0n) is 26.1. The van der Waals surface area contributed by atoms with E-state index in [2.05, 4.69) is 14.9 Å². The summed E-state index contributed by atoms with van der Waals surface area (Å²) >= 11 is 6.33. The van der Waals surface area contributed by atoms with Crippen molar-refractivity contribution in [1.29, 1.82) is 0 Å². The van der Waals surface area contributed by atoms with E-state index in [0.717, 1.165) is 62.0 Å². The Balaban J connectivity index is 1.52. The van der Waals surface area contributed by atoms with Crippen molar-refractivity contribution >= 4 is 39.1 Å². The summed E-state index contributed by atoms with van der Waals surface area (Å²) in [5.74, 6) is 0.301. The molecule has 2 heterocycles. The number of allylic oxidation sites excluding steroid dienone is 1. The van der Waals surface area contributed by atoms with Crippen LogP contribution in [0.2, 0.25) is 5.02 Å². The molecule has 0 spiro atoms. The van der Waals surface area contributed by atoms with E-state index in [-0.39, 0.29) is 30.1 Å². The average molecular weight is 658 g/mol. The third-order valence-corrected chi connectivity index (χ3v) is 11.5. The second-order valence-corrected chi connectivity index (χ2v) is 14.6. The lowest BCUT2D eigenvalue weighted by Gasteiger charge is -2.44. The molecule has 9 nitrogen and oxygen atoms in total. The number of carbonyl (C=O) groups excluding carboxylic acids is 2. The van der Waals surface area contributed by atoms with E-state index in [1.165, 1.54) is 0 Å². The summed E-state index contributed by atoms with van der Waals surface area (Å²) < 4.78 is 41.5. The lowest BCUT2D eigenvalue weighted by atomic mass is 9.70. The predicted molar refractivity (Wildman–Crippen MR) is 176 cm³/mol. The van der Waals surface area contributed by atoms with E-state index in [1.807, 2.05) is 37.3 Å². The smallest absolute Gasteiger partial charge is 0.264 e. The number of anilines is 1. The molecule has 244 valence electrons. The van der Waals surface area contributed by atoms with E-state index in [0.29, 0.717) is 42.6 Å². The molecule has 1 saturated carbocycles. The molecule has 5 rings (SSSR count). The molecule has 0 unspecified atom stereocenters. The molecule has 2 aromatic carbocycles. The number of sulfonamides is 1. The molecule has 0 aromatic heterocycles. The zero-order valence-corrected chi connectivity index (χ0v) is 27.7. The minimum Gasteiger partial charge on any atom is -0.487 e. The van der Waals surface area contributed by atoms with Crippen molar-refractivity contribution in [3.05, 3.63) is 70.3 Å². The van der Waals surface area contributed by atoms with Crippen molar-refractivity contribution in [2.24, 2.45) is 11.8 Å². The van der Waals surface area contributed by atoms with Crippen LogP contribution in [0.15, 0.2) is 48.6 Å². The molecule has 2 amide bonds. The standard InChI is InChI=1S/C34H44ClN3O6S/c1-3-28-9-4-5-10-31(44-22-33(39)36-2)29-15-12-25(29)20-38-17-7-6-8-23-18-27(35)14-11-26(23)21-43-32-16-13-24(19-30(32)38)34(40)37-45(28,41)42/h5,10-11,13-14,16,18-19,25,28-29,31H,3-4,6-9,12,15,17,20-22H2,1-2H3,(H,36,39)(H,37,40)/b10-5-/t25-,28+,29+,31-/m0/s1. The number of nitrogens with one attached hydrogen (secondary N) is 2. The molecule has 4 atom stereocenters. The first-order valence-corrected chi connectivity index (χ1v) is 17.9. The van der Waals surface area contributed by atoms with Crippen molar-refractivity contribution in [1.82, 2.24) is 10.0 Å². The molecule has 2 N–H and O–H groups in total. The maximum atomic E-state index is 13.4.